The lowest BCUT2D eigenvalue weighted by Gasteiger charge is -2.10. The van der Waals surface area contributed by atoms with Gasteiger partial charge in [-0.05, 0) is 49.2 Å². The summed E-state index contributed by atoms with van der Waals surface area (Å²) in [6.45, 7) is 3.37. The van der Waals surface area contributed by atoms with Crippen LogP contribution in [0.3, 0.4) is 0 Å². The largest absolute Gasteiger partial charge is 0.454 e. The molecular weight excluding hydrogens is 435 g/mol. The van der Waals surface area contributed by atoms with E-state index in [0.29, 0.717) is 17.1 Å². The van der Waals surface area contributed by atoms with Crippen LogP contribution in [0.1, 0.15) is 5.56 Å². The predicted octanol–water partition coefficient (Wildman–Crippen LogP) is 5.77. The van der Waals surface area contributed by atoms with Gasteiger partial charge < -0.3 is 14.5 Å². The maximum Gasteiger partial charge on any atom is 0.416 e. The van der Waals surface area contributed by atoms with E-state index in [1.807, 2.05) is 0 Å². The Morgan fingerprint density at radius 2 is 1.94 bits per heavy atom. The molecule has 7 nitrogen and oxygen atoms in total. The van der Waals surface area contributed by atoms with Crippen LogP contribution in [0.25, 0.3) is 11.5 Å². The van der Waals surface area contributed by atoms with Crippen molar-refractivity contribution in [2.24, 2.45) is 9.98 Å². The van der Waals surface area contributed by atoms with Gasteiger partial charge >= 0.3 is 12.2 Å². The van der Waals surface area contributed by atoms with Crippen LogP contribution in [0.4, 0.5) is 24.9 Å². The van der Waals surface area contributed by atoms with Gasteiger partial charge in [-0.2, -0.15) is 13.2 Å². The van der Waals surface area contributed by atoms with Crippen LogP contribution in [0, 0.1) is 0 Å². The molecule has 0 spiro atoms. The fourth-order valence-corrected chi connectivity index (χ4v) is 2.57. The Hall–Kier alpha value is -3.66. The Morgan fingerprint density at radius 1 is 1.19 bits per heavy atom. The summed E-state index contributed by atoms with van der Waals surface area (Å²) in [4.78, 5) is 7.50. The number of allylic oxidation sites excluding steroid dienone is 1. The lowest BCUT2D eigenvalue weighted by Crippen LogP contribution is -2.05. The normalized spacial score (nSPS) is 12.2. The van der Waals surface area contributed by atoms with Crippen molar-refractivity contribution in [1.29, 1.82) is 0 Å². The number of hydrogen-bond acceptors (Lipinski definition) is 7. The number of hydrogen-bond donors (Lipinski definition) is 1. The van der Waals surface area contributed by atoms with E-state index in [4.69, 9.17) is 20.8 Å². The summed E-state index contributed by atoms with van der Waals surface area (Å²) in [6.07, 6.45) is -1.61. The summed E-state index contributed by atoms with van der Waals surface area (Å²) in [6, 6.07) is 9.44. The number of anilines is 2. The number of aliphatic imine (C=N–C) groups is 2. The van der Waals surface area contributed by atoms with Crippen LogP contribution in [0.15, 0.2) is 68.8 Å². The summed E-state index contributed by atoms with van der Waals surface area (Å²) < 4.78 is 49.8. The molecule has 1 aromatic heterocycles. The number of rotatable bonds is 7. The Morgan fingerprint density at radius 3 is 2.58 bits per heavy atom. The van der Waals surface area contributed by atoms with E-state index in [-0.39, 0.29) is 22.6 Å². The monoisotopic (exact) mass is 449 g/mol. The smallest absolute Gasteiger partial charge is 0.416 e. The number of alkyl halides is 3. The molecule has 1 N–H and O–H groups in total. The minimum absolute atomic E-state index is 0.0110. The van der Waals surface area contributed by atoms with Crippen LogP contribution >= 0.6 is 11.6 Å². The Labute approximate surface area is 180 Å². The van der Waals surface area contributed by atoms with Gasteiger partial charge in [0.1, 0.15) is 5.75 Å². The van der Waals surface area contributed by atoms with Crippen LogP contribution in [0.2, 0.25) is 5.02 Å². The molecule has 0 aliphatic heterocycles. The molecule has 0 radical (unpaired) electrons. The van der Waals surface area contributed by atoms with Gasteiger partial charge in [0, 0.05) is 12.6 Å². The van der Waals surface area contributed by atoms with Crippen molar-refractivity contribution < 1.29 is 22.3 Å². The van der Waals surface area contributed by atoms with Gasteiger partial charge in [-0.25, -0.2) is 0 Å². The van der Waals surface area contributed by atoms with Gasteiger partial charge in [-0.15, -0.1) is 5.10 Å². The Kier molecular flexibility index (Phi) is 6.71. The number of nitrogens with one attached hydrogen (secondary N) is 1. The molecule has 0 aliphatic carbocycles. The molecule has 0 unspecified atom stereocenters. The maximum absolute atomic E-state index is 12.9. The number of nitrogens with zero attached hydrogens (tertiary/aromatic N) is 4. The van der Waals surface area contributed by atoms with E-state index in [0.717, 1.165) is 18.2 Å². The number of halogens is 4. The van der Waals surface area contributed by atoms with E-state index in [9.17, 15) is 13.2 Å². The first-order valence-electron chi connectivity index (χ1n) is 8.64. The Bertz CT molecular complexity index is 1120. The second-order valence-corrected chi connectivity index (χ2v) is 6.36. The average molecular weight is 450 g/mol. The highest BCUT2D eigenvalue weighted by Crippen LogP contribution is 2.35. The molecular formula is C20H15ClF3N5O2. The minimum atomic E-state index is -4.51. The maximum atomic E-state index is 12.9. The van der Waals surface area contributed by atoms with Crippen LogP contribution < -0.4 is 10.1 Å². The second kappa shape index (κ2) is 9.43. The van der Waals surface area contributed by atoms with Crippen LogP contribution in [-0.4, -0.2) is 30.2 Å². The number of aromatic nitrogens is 2. The van der Waals surface area contributed by atoms with Crippen molar-refractivity contribution in [3.05, 3.63) is 65.0 Å². The third-order valence-corrected chi connectivity index (χ3v) is 4.10. The van der Waals surface area contributed by atoms with Gasteiger partial charge in [-0.3, -0.25) is 9.98 Å². The molecule has 3 aromatic rings. The number of ether oxygens (including phenoxy) is 1. The van der Waals surface area contributed by atoms with Gasteiger partial charge in [-0.1, -0.05) is 16.7 Å². The predicted molar refractivity (Wildman–Crippen MR) is 112 cm³/mol. The van der Waals surface area contributed by atoms with Gasteiger partial charge in [0.25, 0.3) is 0 Å². The summed E-state index contributed by atoms with van der Waals surface area (Å²) in [5.74, 6) is 1.05. The molecule has 11 heteroatoms. The van der Waals surface area contributed by atoms with Gasteiger partial charge in [0.05, 0.1) is 28.7 Å². The molecule has 0 amide bonds. The van der Waals surface area contributed by atoms with Gasteiger partial charge in [0.15, 0.2) is 5.76 Å². The molecule has 0 aliphatic rings. The summed E-state index contributed by atoms with van der Waals surface area (Å²) >= 11 is 5.97. The standard InChI is InChI=1S/C20H15ClF3N5O2/c1-25-10-15(11-26-2)30-14-6-3-12(4-7-14)18-28-29-19(31-18)27-17-9-13(20(22,23)24)5-8-16(17)21/h3-11H,1H2,2H3,(H,27,29)/b15-10+,26-11?. The van der Waals surface area contributed by atoms with E-state index < -0.39 is 11.7 Å². The van der Waals surface area contributed by atoms with Crippen LogP contribution in [-0.2, 0) is 6.18 Å². The van der Waals surface area contributed by atoms with Crippen molar-refractivity contribution in [3.63, 3.8) is 0 Å². The highest BCUT2D eigenvalue weighted by atomic mass is 35.5. The lowest BCUT2D eigenvalue weighted by molar-refractivity contribution is -0.137. The quantitative estimate of drug-likeness (QED) is 0.365. The fraction of sp³-hybridized carbons (Fsp3) is 0.100. The van der Waals surface area contributed by atoms with Crippen molar-refractivity contribution in [3.8, 4) is 17.2 Å². The van der Waals surface area contributed by atoms with E-state index in [1.54, 1.807) is 31.3 Å². The number of benzene rings is 2. The zero-order valence-electron chi connectivity index (χ0n) is 16.0. The lowest BCUT2D eigenvalue weighted by atomic mass is 10.2. The molecule has 0 saturated carbocycles. The van der Waals surface area contributed by atoms with E-state index in [1.165, 1.54) is 12.4 Å². The second-order valence-electron chi connectivity index (χ2n) is 5.96. The molecule has 3 rings (SSSR count). The highest BCUT2D eigenvalue weighted by Gasteiger charge is 2.31. The first-order chi connectivity index (χ1) is 14.8. The van der Waals surface area contributed by atoms with E-state index in [2.05, 4.69) is 32.2 Å². The first kappa shape index (κ1) is 22.0. The molecule has 0 bridgehead atoms. The molecule has 31 heavy (non-hydrogen) atoms. The van der Waals surface area contributed by atoms with Crippen LogP contribution in [0.5, 0.6) is 5.75 Å². The summed E-state index contributed by atoms with van der Waals surface area (Å²) in [5, 5.41) is 10.4. The minimum Gasteiger partial charge on any atom is -0.454 e. The molecule has 160 valence electrons. The molecule has 2 aromatic carbocycles. The topological polar surface area (TPSA) is 84.9 Å². The van der Waals surface area contributed by atoms with Gasteiger partial charge in [0.2, 0.25) is 5.89 Å². The third-order valence-electron chi connectivity index (χ3n) is 3.77. The molecule has 1 heterocycles. The van der Waals surface area contributed by atoms with E-state index >= 15 is 0 Å². The fourth-order valence-electron chi connectivity index (χ4n) is 2.41. The Balaban J connectivity index is 1.76. The first-order valence-corrected chi connectivity index (χ1v) is 9.01. The van der Waals surface area contributed by atoms with Crippen molar-refractivity contribution in [1.82, 2.24) is 10.2 Å². The van der Waals surface area contributed by atoms with Crippen molar-refractivity contribution in [2.45, 2.75) is 6.18 Å². The highest BCUT2D eigenvalue weighted by molar-refractivity contribution is 6.33. The zero-order valence-corrected chi connectivity index (χ0v) is 16.8. The average Bonchev–Trinajstić information content (AvgIpc) is 3.18. The SMILES string of the molecule is C=N/C=C(\C=NC)Oc1ccc(-c2nnc(Nc3cc(C(F)(F)F)ccc3Cl)o2)cc1. The zero-order chi connectivity index (χ0) is 22.4. The van der Waals surface area contributed by atoms with Crippen molar-refractivity contribution >= 4 is 36.2 Å². The summed E-state index contributed by atoms with van der Waals surface area (Å²) in [5.41, 5.74) is -0.300. The molecule has 0 atom stereocenters. The third kappa shape index (κ3) is 5.70. The summed E-state index contributed by atoms with van der Waals surface area (Å²) in [7, 11) is 1.59. The molecule has 0 saturated heterocycles. The molecule has 0 fully saturated rings. The van der Waals surface area contributed by atoms with Crippen molar-refractivity contribution in [2.75, 3.05) is 12.4 Å².